The fourth-order valence-electron chi connectivity index (χ4n) is 0.255. The van der Waals surface area contributed by atoms with Gasteiger partial charge in [0.1, 0.15) is 5.60 Å². The minimum absolute atomic E-state index is 0. The Hall–Kier alpha value is -0.461. The van der Waals surface area contributed by atoms with Gasteiger partial charge in [0.15, 0.2) is 0 Å². The second-order valence-electron chi connectivity index (χ2n) is 3.27. The van der Waals surface area contributed by atoms with E-state index in [2.05, 4.69) is 4.85 Å². The Labute approximate surface area is 116 Å². The van der Waals surface area contributed by atoms with Gasteiger partial charge in [0, 0.05) is 7.11 Å². The van der Waals surface area contributed by atoms with Gasteiger partial charge in [0.2, 0.25) is 6.54 Å². The van der Waals surface area contributed by atoms with Crippen molar-refractivity contribution < 1.29 is 56.3 Å². The van der Waals surface area contributed by atoms with E-state index in [1.165, 1.54) is 0 Å². The molecule has 19 heavy (non-hydrogen) atoms. The van der Waals surface area contributed by atoms with E-state index in [0.29, 0.717) is 6.54 Å². The number of methoxy groups -OCH3 is 1. The summed E-state index contributed by atoms with van der Waals surface area (Å²) in [6.45, 7) is 10.7. The van der Waals surface area contributed by atoms with E-state index in [0.717, 1.165) is 0 Å². The standard InChI is InChI=1S/C6H11NO.2BF4.Cu/c1-6(2,8-4)5-7-3;2*2-1(3,4)5;/h5H2,1-2,4H3;;;/q;2*-1;+2. The van der Waals surface area contributed by atoms with Gasteiger partial charge < -0.3 is 44.1 Å². The molecule has 119 valence electrons. The first-order valence-electron chi connectivity index (χ1n) is 4.25. The molecule has 0 fully saturated rings. The molecule has 0 saturated heterocycles. The Balaban J connectivity index is -0.0000000906. The Morgan fingerprint density at radius 2 is 1.16 bits per heavy atom. The van der Waals surface area contributed by atoms with Crippen molar-refractivity contribution in [2.75, 3.05) is 13.7 Å². The third-order valence-electron chi connectivity index (χ3n) is 1.01. The molecule has 0 rings (SSSR count). The molecule has 0 unspecified atom stereocenters. The van der Waals surface area contributed by atoms with Gasteiger partial charge in [-0.15, -0.1) is 0 Å². The summed E-state index contributed by atoms with van der Waals surface area (Å²) < 4.78 is 83.0. The Morgan fingerprint density at radius 1 is 0.947 bits per heavy atom. The summed E-state index contributed by atoms with van der Waals surface area (Å²) in [4.78, 5) is 3.20. The Morgan fingerprint density at radius 3 is 1.21 bits per heavy atom. The van der Waals surface area contributed by atoms with Crippen molar-refractivity contribution >= 4 is 14.5 Å². The number of hydrogen-bond donors (Lipinski definition) is 0. The second-order valence-corrected chi connectivity index (χ2v) is 3.27. The Bertz CT molecular complexity index is 227. The van der Waals surface area contributed by atoms with Crippen LogP contribution in [0.2, 0.25) is 0 Å². The monoisotopic (exact) mass is 350 g/mol. The van der Waals surface area contributed by atoms with Crippen LogP contribution in [0.4, 0.5) is 34.5 Å². The Kier molecular flexibility index (Phi) is 16.1. The fraction of sp³-hybridized carbons (Fsp3) is 0.833. The molecule has 0 aliphatic heterocycles. The quantitative estimate of drug-likeness (QED) is 0.418. The molecule has 0 atom stereocenters. The molecule has 0 bridgehead atoms. The molecule has 2 nitrogen and oxygen atoms in total. The van der Waals surface area contributed by atoms with Crippen LogP contribution in [0.5, 0.6) is 0 Å². The minimum atomic E-state index is -6.00. The molecule has 0 N–H and O–H groups in total. The van der Waals surface area contributed by atoms with Crippen LogP contribution in [0.15, 0.2) is 0 Å². The summed E-state index contributed by atoms with van der Waals surface area (Å²) in [5.74, 6) is 0. The van der Waals surface area contributed by atoms with Crippen molar-refractivity contribution in [3.05, 3.63) is 11.4 Å². The first-order chi connectivity index (χ1) is 7.62. The molecule has 0 spiro atoms. The van der Waals surface area contributed by atoms with Gasteiger partial charge in [-0.3, -0.25) is 0 Å². The number of rotatable bonds is 2. The van der Waals surface area contributed by atoms with Crippen LogP contribution in [0.1, 0.15) is 13.8 Å². The van der Waals surface area contributed by atoms with Crippen molar-refractivity contribution in [3.8, 4) is 0 Å². The van der Waals surface area contributed by atoms with Crippen LogP contribution in [0, 0.1) is 6.57 Å². The topological polar surface area (TPSA) is 13.6 Å². The van der Waals surface area contributed by atoms with E-state index in [9.17, 15) is 34.5 Å². The van der Waals surface area contributed by atoms with E-state index in [4.69, 9.17) is 11.3 Å². The third kappa shape index (κ3) is 99.0. The van der Waals surface area contributed by atoms with Crippen molar-refractivity contribution in [1.29, 1.82) is 0 Å². The molecular weight excluding hydrogens is 339 g/mol. The van der Waals surface area contributed by atoms with E-state index in [1.54, 1.807) is 7.11 Å². The third-order valence-corrected chi connectivity index (χ3v) is 1.01. The van der Waals surface area contributed by atoms with Crippen LogP contribution < -0.4 is 0 Å². The van der Waals surface area contributed by atoms with Gasteiger partial charge in [-0.05, 0) is 13.8 Å². The van der Waals surface area contributed by atoms with Gasteiger partial charge in [-0.25, -0.2) is 6.57 Å². The van der Waals surface area contributed by atoms with Crippen LogP contribution in [0.3, 0.4) is 0 Å². The first-order valence-corrected chi connectivity index (χ1v) is 4.25. The molecule has 0 aliphatic carbocycles. The summed E-state index contributed by atoms with van der Waals surface area (Å²) in [7, 11) is -10.4. The van der Waals surface area contributed by atoms with E-state index in [1.807, 2.05) is 13.8 Å². The minimum Gasteiger partial charge on any atom is -0.418 e. The largest absolute Gasteiger partial charge is 2.00 e. The number of halogens is 8. The molecule has 0 aromatic heterocycles. The van der Waals surface area contributed by atoms with E-state index < -0.39 is 14.5 Å². The van der Waals surface area contributed by atoms with Crippen molar-refractivity contribution in [2.45, 2.75) is 19.4 Å². The average molecular weight is 350 g/mol. The van der Waals surface area contributed by atoms with Crippen LogP contribution >= 0.6 is 0 Å². The van der Waals surface area contributed by atoms with Crippen molar-refractivity contribution in [2.24, 2.45) is 0 Å². The molecule has 0 aliphatic rings. The van der Waals surface area contributed by atoms with E-state index >= 15 is 0 Å². The summed E-state index contributed by atoms with van der Waals surface area (Å²) in [5.41, 5.74) is -0.262. The van der Waals surface area contributed by atoms with Crippen molar-refractivity contribution in [3.63, 3.8) is 0 Å². The van der Waals surface area contributed by atoms with Gasteiger partial charge in [0.25, 0.3) is 0 Å². The summed E-state index contributed by atoms with van der Waals surface area (Å²) in [5, 5.41) is 0. The number of ether oxygens (including phenoxy) is 1. The van der Waals surface area contributed by atoms with Crippen molar-refractivity contribution in [1.82, 2.24) is 0 Å². The molecular formula is C6H11B2CuF8NO. The van der Waals surface area contributed by atoms with Gasteiger partial charge in [0.05, 0.1) is 0 Å². The maximum Gasteiger partial charge on any atom is 2.00 e. The SMILES string of the molecule is F[B-](F)(F)F.F[B-](F)(F)F.[C-]#[N+]CC(C)(C)OC.[Cu+2]. The molecule has 0 saturated carbocycles. The molecule has 0 amide bonds. The zero-order valence-corrected chi connectivity index (χ0v) is 11.0. The van der Waals surface area contributed by atoms with Gasteiger partial charge in [-0.1, -0.05) is 0 Å². The predicted molar refractivity (Wildman–Crippen MR) is 52.9 cm³/mol. The average Bonchev–Trinajstić information content (AvgIpc) is 1.97. The normalized spacial score (nSPS) is 10.8. The molecule has 0 aromatic carbocycles. The number of nitrogens with zero attached hydrogens (tertiary/aromatic N) is 1. The molecule has 0 heterocycles. The second kappa shape index (κ2) is 11.4. The molecule has 1 radical (unpaired) electrons. The maximum absolute atomic E-state index is 9.75. The summed E-state index contributed by atoms with van der Waals surface area (Å²) in [6.07, 6.45) is 0. The zero-order valence-electron chi connectivity index (χ0n) is 10.0. The van der Waals surface area contributed by atoms with Crippen LogP contribution in [-0.4, -0.2) is 33.8 Å². The molecule has 0 aromatic rings. The van der Waals surface area contributed by atoms with Crippen LogP contribution in [0.25, 0.3) is 4.85 Å². The fourth-order valence-corrected chi connectivity index (χ4v) is 0.255. The van der Waals surface area contributed by atoms with Gasteiger partial charge >= 0.3 is 31.6 Å². The maximum atomic E-state index is 9.75. The molecule has 13 heteroatoms. The van der Waals surface area contributed by atoms with Gasteiger partial charge in [-0.2, -0.15) is 0 Å². The zero-order chi connectivity index (χ0) is 15.6. The van der Waals surface area contributed by atoms with Crippen LogP contribution in [-0.2, 0) is 21.8 Å². The summed E-state index contributed by atoms with van der Waals surface area (Å²) in [6, 6.07) is 0. The first kappa shape index (κ1) is 27.0. The summed E-state index contributed by atoms with van der Waals surface area (Å²) >= 11 is 0. The van der Waals surface area contributed by atoms with E-state index in [-0.39, 0.29) is 22.7 Å². The number of hydrogen-bond acceptors (Lipinski definition) is 1. The smallest absolute Gasteiger partial charge is 0.418 e. The predicted octanol–water partition coefficient (Wildman–Crippen LogP) is 3.93.